The van der Waals surface area contributed by atoms with Gasteiger partial charge in [0, 0.05) is 0 Å². The summed E-state index contributed by atoms with van der Waals surface area (Å²) < 4.78 is 0. The molecule has 0 aliphatic heterocycles. The largest absolute Gasteiger partial charge is 0.384 e. The molecule has 118 valence electrons. The van der Waals surface area contributed by atoms with E-state index in [4.69, 9.17) is 0 Å². The van der Waals surface area contributed by atoms with Crippen LogP contribution in [0.4, 0.5) is 0 Å². The van der Waals surface area contributed by atoms with E-state index in [2.05, 4.69) is 59.7 Å². The highest BCUT2D eigenvalue weighted by Crippen LogP contribution is 2.33. The van der Waals surface area contributed by atoms with E-state index >= 15 is 0 Å². The molecule has 0 fully saturated rings. The molecule has 2 aromatic rings. The molecule has 2 aromatic carbocycles. The van der Waals surface area contributed by atoms with Crippen LogP contribution in [0.2, 0.25) is 0 Å². The number of benzene rings is 2. The minimum absolute atomic E-state index is 0.0619. The molecule has 2 rings (SSSR count). The highest BCUT2D eigenvalue weighted by Gasteiger charge is 2.22. The Morgan fingerprint density at radius 2 is 1.14 bits per heavy atom. The van der Waals surface area contributed by atoms with Gasteiger partial charge in [0.25, 0.3) is 0 Å². The van der Waals surface area contributed by atoms with E-state index in [-0.39, 0.29) is 10.8 Å². The van der Waals surface area contributed by atoms with Crippen LogP contribution in [0.25, 0.3) is 0 Å². The van der Waals surface area contributed by atoms with E-state index in [0.29, 0.717) is 0 Å². The summed E-state index contributed by atoms with van der Waals surface area (Å²) in [5.41, 5.74) is 4.57. The minimum atomic E-state index is -0.579. The lowest BCUT2D eigenvalue weighted by Crippen LogP contribution is -2.18. The Balaban J connectivity index is 2.56. The number of hydrogen-bond acceptors (Lipinski definition) is 1. The van der Waals surface area contributed by atoms with Crippen LogP contribution >= 0.6 is 0 Å². The lowest BCUT2D eigenvalue weighted by Gasteiger charge is -2.27. The van der Waals surface area contributed by atoms with Gasteiger partial charge in [0.1, 0.15) is 6.10 Å². The molecule has 0 radical (unpaired) electrons. The third-order valence-corrected chi connectivity index (χ3v) is 4.12. The van der Waals surface area contributed by atoms with Crippen molar-refractivity contribution in [3.63, 3.8) is 0 Å². The Labute approximate surface area is 135 Å². The van der Waals surface area contributed by atoms with Crippen LogP contribution in [-0.2, 0) is 10.8 Å². The van der Waals surface area contributed by atoms with Gasteiger partial charge in [-0.25, -0.2) is 0 Å². The highest BCUT2D eigenvalue weighted by atomic mass is 16.3. The van der Waals surface area contributed by atoms with Gasteiger partial charge < -0.3 is 5.11 Å². The first kappa shape index (κ1) is 16.8. The predicted octanol–water partition coefficient (Wildman–Crippen LogP) is 5.36. The summed E-state index contributed by atoms with van der Waals surface area (Å²) in [5, 5.41) is 10.8. The van der Waals surface area contributed by atoms with Crippen LogP contribution in [-0.4, -0.2) is 5.11 Å². The van der Waals surface area contributed by atoms with Crippen LogP contribution in [0.5, 0.6) is 0 Å². The van der Waals surface area contributed by atoms with Crippen LogP contribution in [0.3, 0.4) is 0 Å². The van der Waals surface area contributed by atoms with Gasteiger partial charge in [-0.05, 0) is 33.1 Å². The van der Waals surface area contributed by atoms with Gasteiger partial charge in [0.05, 0.1) is 0 Å². The monoisotopic (exact) mass is 296 g/mol. The molecule has 1 heteroatoms. The summed E-state index contributed by atoms with van der Waals surface area (Å²) in [4.78, 5) is 0. The number of rotatable bonds is 2. The van der Waals surface area contributed by atoms with Crippen molar-refractivity contribution in [1.29, 1.82) is 0 Å². The molecule has 1 N–H and O–H groups in total. The molecule has 1 unspecified atom stereocenters. The van der Waals surface area contributed by atoms with Crippen molar-refractivity contribution in [3.8, 4) is 0 Å². The first-order valence-corrected chi connectivity index (χ1v) is 7.98. The summed E-state index contributed by atoms with van der Waals surface area (Å²) in [7, 11) is 0. The summed E-state index contributed by atoms with van der Waals surface area (Å²) in [6, 6.07) is 16.4. The second kappa shape index (κ2) is 5.89. The maximum absolute atomic E-state index is 10.8. The molecule has 0 aliphatic rings. The van der Waals surface area contributed by atoms with Crippen molar-refractivity contribution in [2.45, 2.75) is 58.5 Å². The summed E-state index contributed by atoms with van der Waals surface area (Å²) in [5.74, 6) is 0. The maximum atomic E-state index is 10.8. The van der Waals surface area contributed by atoms with Gasteiger partial charge in [0.15, 0.2) is 0 Å². The Kier molecular flexibility index (Phi) is 4.49. The smallest absolute Gasteiger partial charge is 0.104 e. The molecule has 0 aromatic heterocycles. The molecule has 0 saturated carbocycles. The highest BCUT2D eigenvalue weighted by molar-refractivity contribution is 5.41. The Morgan fingerprint density at radius 1 is 0.682 bits per heavy atom. The van der Waals surface area contributed by atoms with Crippen molar-refractivity contribution in [1.82, 2.24) is 0 Å². The van der Waals surface area contributed by atoms with Crippen LogP contribution < -0.4 is 0 Å². The zero-order valence-electron chi connectivity index (χ0n) is 14.6. The van der Waals surface area contributed by atoms with Gasteiger partial charge in [-0.1, -0.05) is 90.1 Å². The van der Waals surface area contributed by atoms with Gasteiger partial charge in [-0.15, -0.1) is 0 Å². The molecule has 0 heterocycles. The standard InChI is InChI=1S/C21H28O/c1-20(2,3)17-12-16(13-18(14-17)21(4,5)6)19(22)15-10-8-7-9-11-15/h7-14,19,22H,1-6H3. The van der Waals surface area contributed by atoms with Gasteiger partial charge in [-0.2, -0.15) is 0 Å². The van der Waals surface area contributed by atoms with Crippen LogP contribution in [0, 0.1) is 0 Å². The van der Waals surface area contributed by atoms with Crippen molar-refractivity contribution in [3.05, 3.63) is 70.8 Å². The van der Waals surface area contributed by atoms with Gasteiger partial charge >= 0.3 is 0 Å². The van der Waals surface area contributed by atoms with Crippen LogP contribution in [0.15, 0.2) is 48.5 Å². The van der Waals surface area contributed by atoms with Crippen molar-refractivity contribution in [2.75, 3.05) is 0 Å². The van der Waals surface area contributed by atoms with E-state index < -0.39 is 6.10 Å². The van der Waals surface area contributed by atoms with Crippen molar-refractivity contribution in [2.24, 2.45) is 0 Å². The number of hydrogen-bond donors (Lipinski definition) is 1. The van der Waals surface area contributed by atoms with Crippen LogP contribution in [0.1, 0.15) is 69.9 Å². The summed E-state index contributed by atoms with van der Waals surface area (Å²) in [6.07, 6.45) is -0.579. The average Bonchev–Trinajstić information content (AvgIpc) is 2.45. The van der Waals surface area contributed by atoms with Gasteiger partial charge in [-0.3, -0.25) is 0 Å². The molecule has 22 heavy (non-hydrogen) atoms. The molecule has 0 bridgehead atoms. The summed E-state index contributed by atoms with van der Waals surface area (Å²) >= 11 is 0. The molecule has 1 atom stereocenters. The quantitative estimate of drug-likeness (QED) is 0.790. The number of aliphatic hydroxyl groups is 1. The fourth-order valence-electron chi connectivity index (χ4n) is 2.50. The fraction of sp³-hybridized carbons (Fsp3) is 0.429. The summed E-state index contributed by atoms with van der Waals surface area (Å²) in [6.45, 7) is 13.3. The second-order valence-electron chi connectivity index (χ2n) is 8.16. The van der Waals surface area contributed by atoms with Crippen molar-refractivity contribution < 1.29 is 5.11 Å². The normalized spacial score (nSPS) is 14.0. The fourth-order valence-corrected chi connectivity index (χ4v) is 2.50. The lowest BCUT2D eigenvalue weighted by atomic mass is 9.78. The molecule has 0 saturated heterocycles. The zero-order valence-corrected chi connectivity index (χ0v) is 14.6. The van der Waals surface area contributed by atoms with E-state index in [1.54, 1.807) is 0 Å². The molecule has 1 nitrogen and oxygen atoms in total. The molecular formula is C21H28O. The third kappa shape index (κ3) is 3.78. The minimum Gasteiger partial charge on any atom is -0.384 e. The first-order chi connectivity index (χ1) is 10.1. The second-order valence-corrected chi connectivity index (χ2v) is 8.16. The van der Waals surface area contributed by atoms with E-state index in [1.807, 2.05) is 30.3 Å². The van der Waals surface area contributed by atoms with Crippen molar-refractivity contribution >= 4 is 0 Å². The topological polar surface area (TPSA) is 20.2 Å². The Bertz CT molecular complexity index is 595. The Hall–Kier alpha value is -1.60. The predicted molar refractivity (Wildman–Crippen MR) is 94.3 cm³/mol. The molecule has 0 amide bonds. The van der Waals surface area contributed by atoms with Gasteiger partial charge in [0.2, 0.25) is 0 Å². The molecule has 0 aliphatic carbocycles. The van der Waals surface area contributed by atoms with E-state index in [1.165, 1.54) is 11.1 Å². The average molecular weight is 296 g/mol. The van der Waals surface area contributed by atoms with E-state index in [9.17, 15) is 5.11 Å². The maximum Gasteiger partial charge on any atom is 0.104 e. The third-order valence-electron chi connectivity index (χ3n) is 4.12. The van der Waals surface area contributed by atoms with E-state index in [0.717, 1.165) is 11.1 Å². The number of aliphatic hydroxyl groups excluding tert-OH is 1. The molecule has 0 spiro atoms. The lowest BCUT2D eigenvalue weighted by molar-refractivity contribution is 0.220. The SMILES string of the molecule is CC(C)(C)c1cc(C(O)c2ccccc2)cc(C(C)(C)C)c1. The zero-order chi connectivity index (χ0) is 16.5. The Morgan fingerprint density at radius 3 is 1.55 bits per heavy atom. The first-order valence-electron chi connectivity index (χ1n) is 7.98. The molecular weight excluding hydrogens is 268 g/mol.